The second-order valence-electron chi connectivity index (χ2n) is 4.10. The molecule has 1 heterocycles. The van der Waals surface area contributed by atoms with Crippen molar-refractivity contribution < 1.29 is 0 Å². The van der Waals surface area contributed by atoms with Crippen LogP contribution in [0.1, 0.15) is 39.0 Å². The van der Waals surface area contributed by atoms with E-state index in [1.165, 1.54) is 32.1 Å². The second kappa shape index (κ2) is 5.28. The van der Waals surface area contributed by atoms with Crippen LogP contribution in [0.3, 0.4) is 0 Å². The van der Waals surface area contributed by atoms with Gasteiger partial charge in [-0.1, -0.05) is 26.3 Å². The average molecular weight is 182 g/mol. The number of rotatable bonds is 3. The second-order valence-corrected chi connectivity index (χ2v) is 4.10. The molecule has 0 aromatic heterocycles. The van der Waals surface area contributed by atoms with Gasteiger partial charge in [0.15, 0.2) is 0 Å². The number of nitrogens with two attached hydrogens (primary N) is 1. The quantitative estimate of drug-likeness (QED) is 0.700. The van der Waals surface area contributed by atoms with Gasteiger partial charge in [-0.2, -0.15) is 0 Å². The molecule has 1 saturated heterocycles. The van der Waals surface area contributed by atoms with Crippen molar-refractivity contribution in [3.8, 4) is 0 Å². The van der Waals surface area contributed by atoms with Gasteiger partial charge in [0, 0.05) is 11.7 Å². The van der Waals surface area contributed by atoms with Crippen molar-refractivity contribution in [3.63, 3.8) is 0 Å². The van der Waals surface area contributed by atoms with Gasteiger partial charge < -0.3 is 11.1 Å². The van der Waals surface area contributed by atoms with Gasteiger partial charge in [0.1, 0.15) is 0 Å². The molecule has 0 aliphatic carbocycles. The van der Waals surface area contributed by atoms with Crippen LogP contribution >= 0.6 is 0 Å². The summed E-state index contributed by atoms with van der Waals surface area (Å²) >= 11 is 0. The van der Waals surface area contributed by atoms with Crippen molar-refractivity contribution in [1.29, 1.82) is 0 Å². The normalized spacial score (nSPS) is 29.6. The molecular weight excluding hydrogens is 160 g/mol. The molecule has 13 heavy (non-hydrogen) atoms. The van der Waals surface area contributed by atoms with Gasteiger partial charge in [0.05, 0.1) is 0 Å². The standard InChI is InChI=1S/C11H22N2/c1-3-4-10-5-6-11(9(2)12)13-8-7-10/h10-11,13H,2-8,12H2,1H3. The molecule has 0 amide bonds. The summed E-state index contributed by atoms with van der Waals surface area (Å²) in [6.45, 7) is 7.17. The predicted molar refractivity (Wildman–Crippen MR) is 57.4 cm³/mol. The van der Waals surface area contributed by atoms with E-state index < -0.39 is 0 Å². The molecule has 2 nitrogen and oxygen atoms in total. The molecule has 0 aromatic carbocycles. The van der Waals surface area contributed by atoms with Crippen LogP contribution in [0.4, 0.5) is 0 Å². The Morgan fingerprint density at radius 1 is 1.46 bits per heavy atom. The predicted octanol–water partition coefficient (Wildman–Crippen LogP) is 2.02. The number of hydrogen-bond acceptors (Lipinski definition) is 2. The molecule has 1 rings (SSSR count). The third-order valence-corrected chi connectivity index (χ3v) is 2.95. The maximum atomic E-state index is 5.70. The van der Waals surface area contributed by atoms with Crippen molar-refractivity contribution in [2.24, 2.45) is 11.7 Å². The first-order valence-electron chi connectivity index (χ1n) is 5.41. The van der Waals surface area contributed by atoms with E-state index in [0.29, 0.717) is 6.04 Å². The fraction of sp³-hybridized carbons (Fsp3) is 0.818. The molecule has 2 unspecified atom stereocenters. The Balaban J connectivity index is 2.35. The first-order chi connectivity index (χ1) is 6.24. The van der Waals surface area contributed by atoms with E-state index in [2.05, 4.69) is 18.8 Å². The Bertz CT molecular complexity index is 165. The topological polar surface area (TPSA) is 38.0 Å². The van der Waals surface area contributed by atoms with E-state index in [-0.39, 0.29) is 0 Å². The molecule has 1 aliphatic rings. The van der Waals surface area contributed by atoms with Crippen molar-refractivity contribution >= 4 is 0 Å². The first kappa shape index (κ1) is 10.6. The molecule has 0 bridgehead atoms. The van der Waals surface area contributed by atoms with Crippen LogP contribution in [-0.2, 0) is 0 Å². The lowest BCUT2D eigenvalue weighted by atomic mass is 9.94. The zero-order valence-electron chi connectivity index (χ0n) is 8.68. The van der Waals surface area contributed by atoms with E-state index >= 15 is 0 Å². The summed E-state index contributed by atoms with van der Waals surface area (Å²) in [6, 6.07) is 0.363. The Kier molecular flexibility index (Phi) is 4.29. The summed E-state index contributed by atoms with van der Waals surface area (Å²) < 4.78 is 0. The van der Waals surface area contributed by atoms with Gasteiger partial charge in [-0.15, -0.1) is 0 Å². The summed E-state index contributed by atoms with van der Waals surface area (Å²) in [6.07, 6.45) is 6.45. The summed E-state index contributed by atoms with van der Waals surface area (Å²) in [5.41, 5.74) is 6.50. The average Bonchev–Trinajstić information content (AvgIpc) is 2.30. The molecule has 0 spiro atoms. The van der Waals surface area contributed by atoms with E-state index in [4.69, 9.17) is 5.73 Å². The largest absolute Gasteiger partial charge is 0.401 e. The van der Waals surface area contributed by atoms with Crippen LogP contribution in [0.15, 0.2) is 12.3 Å². The Hall–Kier alpha value is -0.500. The smallest absolute Gasteiger partial charge is 0.0461 e. The minimum absolute atomic E-state index is 0.363. The molecular formula is C11H22N2. The van der Waals surface area contributed by atoms with Crippen LogP contribution in [0.2, 0.25) is 0 Å². The van der Waals surface area contributed by atoms with Crippen molar-refractivity contribution in [2.45, 2.75) is 45.1 Å². The highest BCUT2D eigenvalue weighted by atomic mass is 14.9. The fourth-order valence-electron chi connectivity index (χ4n) is 2.12. The van der Waals surface area contributed by atoms with E-state index in [9.17, 15) is 0 Å². The summed E-state index contributed by atoms with van der Waals surface area (Å²) in [5, 5.41) is 3.44. The highest BCUT2D eigenvalue weighted by Gasteiger charge is 2.18. The Morgan fingerprint density at radius 3 is 2.85 bits per heavy atom. The molecule has 2 heteroatoms. The molecule has 1 aliphatic heterocycles. The molecule has 0 radical (unpaired) electrons. The van der Waals surface area contributed by atoms with Crippen LogP contribution in [0.5, 0.6) is 0 Å². The van der Waals surface area contributed by atoms with Crippen molar-refractivity contribution in [1.82, 2.24) is 5.32 Å². The van der Waals surface area contributed by atoms with E-state index in [1.54, 1.807) is 0 Å². The maximum Gasteiger partial charge on any atom is 0.0461 e. The highest BCUT2D eigenvalue weighted by Crippen LogP contribution is 2.22. The van der Waals surface area contributed by atoms with Gasteiger partial charge in [0.2, 0.25) is 0 Å². The minimum atomic E-state index is 0.363. The Morgan fingerprint density at radius 2 is 2.23 bits per heavy atom. The Labute approximate surface area is 81.6 Å². The summed E-state index contributed by atoms with van der Waals surface area (Å²) in [5.74, 6) is 0.904. The van der Waals surface area contributed by atoms with Gasteiger partial charge in [-0.3, -0.25) is 0 Å². The third-order valence-electron chi connectivity index (χ3n) is 2.95. The minimum Gasteiger partial charge on any atom is -0.401 e. The SMILES string of the molecule is C=C(N)C1CCC(CCC)CCN1. The molecule has 0 aromatic rings. The van der Waals surface area contributed by atoms with Gasteiger partial charge >= 0.3 is 0 Å². The lowest BCUT2D eigenvalue weighted by Crippen LogP contribution is -2.32. The molecule has 3 N–H and O–H groups in total. The lowest BCUT2D eigenvalue weighted by molar-refractivity contribution is 0.431. The van der Waals surface area contributed by atoms with Gasteiger partial charge in [-0.05, 0) is 31.7 Å². The van der Waals surface area contributed by atoms with Crippen LogP contribution in [0.25, 0.3) is 0 Å². The van der Waals surface area contributed by atoms with E-state index in [0.717, 1.165) is 18.2 Å². The van der Waals surface area contributed by atoms with E-state index in [1.807, 2.05) is 0 Å². The lowest BCUT2D eigenvalue weighted by Gasteiger charge is -2.14. The molecule has 76 valence electrons. The summed E-state index contributed by atoms with van der Waals surface area (Å²) in [4.78, 5) is 0. The first-order valence-corrected chi connectivity index (χ1v) is 5.41. The summed E-state index contributed by atoms with van der Waals surface area (Å²) in [7, 11) is 0. The van der Waals surface area contributed by atoms with Crippen LogP contribution in [0, 0.1) is 5.92 Å². The number of hydrogen-bond donors (Lipinski definition) is 2. The highest BCUT2D eigenvalue weighted by molar-refractivity contribution is 5.00. The maximum absolute atomic E-state index is 5.70. The molecule has 1 fully saturated rings. The van der Waals surface area contributed by atoms with Gasteiger partial charge in [0.25, 0.3) is 0 Å². The monoisotopic (exact) mass is 182 g/mol. The van der Waals surface area contributed by atoms with Gasteiger partial charge in [-0.25, -0.2) is 0 Å². The third kappa shape index (κ3) is 3.39. The van der Waals surface area contributed by atoms with Crippen LogP contribution < -0.4 is 11.1 Å². The molecule has 0 saturated carbocycles. The van der Waals surface area contributed by atoms with Crippen molar-refractivity contribution in [3.05, 3.63) is 12.3 Å². The molecule has 2 atom stereocenters. The zero-order valence-corrected chi connectivity index (χ0v) is 8.68. The number of nitrogens with one attached hydrogen (secondary N) is 1. The van der Waals surface area contributed by atoms with Crippen LogP contribution in [-0.4, -0.2) is 12.6 Å². The fourth-order valence-corrected chi connectivity index (χ4v) is 2.12. The van der Waals surface area contributed by atoms with Crippen molar-refractivity contribution in [2.75, 3.05) is 6.54 Å². The zero-order chi connectivity index (χ0) is 9.68.